The number of benzene rings is 2. The zero-order chi connectivity index (χ0) is 23.2. The first-order valence-electron chi connectivity index (χ1n) is 11.4. The number of para-hydroxylation sites is 1. The van der Waals surface area contributed by atoms with Crippen molar-refractivity contribution in [2.75, 3.05) is 38.0 Å². The summed E-state index contributed by atoms with van der Waals surface area (Å²) in [4.78, 5) is 38.9. The van der Waals surface area contributed by atoms with Crippen LogP contribution in [-0.2, 0) is 0 Å². The lowest BCUT2D eigenvalue weighted by atomic mass is 10.1. The molecule has 182 valence electrons. The van der Waals surface area contributed by atoms with Crippen LogP contribution in [0.3, 0.4) is 0 Å². The first-order chi connectivity index (χ1) is 16.0. The molecule has 34 heavy (non-hydrogen) atoms. The van der Waals surface area contributed by atoms with E-state index in [9.17, 15) is 9.59 Å². The Hall–Kier alpha value is -3.62. The SMILES string of the molecule is CCCN1CCN(C(=O)c2ccc(-c3cnc(C)c(C(=O)Nc4ccccc4)n3)cc2)CC1.N.[HH].[HH]. The van der Waals surface area contributed by atoms with Crippen LogP contribution in [-0.4, -0.2) is 64.3 Å². The van der Waals surface area contributed by atoms with Gasteiger partial charge in [-0.25, -0.2) is 4.98 Å². The summed E-state index contributed by atoms with van der Waals surface area (Å²) < 4.78 is 0. The predicted molar refractivity (Wildman–Crippen MR) is 138 cm³/mol. The molecule has 2 heterocycles. The van der Waals surface area contributed by atoms with Crippen molar-refractivity contribution in [3.05, 3.63) is 77.7 Å². The molecule has 0 bridgehead atoms. The van der Waals surface area contributed by atoms with Crippen LogP contribution in [0, 0.1) is 6.92 Å². The van der Waals surface area contributed by atoms with Crippen LogP contribution in [0.15, 0.2) is 60.8 Å². The number of nitrogens with zero attached hydrogens (tertiary/aromatic N) is 4. The van der Waals surface area contributed by atoms with Crippen molar-refractivity contribution in [3.63, 3.8) is 0 Å². The molecule has 1 aliphatic rings. The molecule has 8 heteroatoms. The van der Waals surface area contributed by atoms with E-state index in [2.05, 4.69) is 27.1 Å². The summed E-state index contributed by atoms with van der Waals surface area (Å²) in [5.74, 6) is -0.252. The second-order valence-corrected chi connectivity index (χ2v) is 8.22. The minimum absolute atomic E-state index is 0. The van der Waals surface area contributed by atoms with Gasteiger partial charge in [-0.2, -0.15) is 0 Å². The molecule has 1 aromatic heterocycles. The summed E-state index contributed by atoms with van der Waals surface area (Å²) in [6.45, 7) is 8.37. The highest BCUT2D eigenvalue weighted by Gasteiger charge is 2.22. The van der Waals surface area contributed by atoms with Gasteiger partial charge in [0.15, 0.2) is 0 Å². The van der Waals surface area contributed by atoms with Gasteiger partial charge in [-0.1, -0.05) is 37.3 Å². The Morgan fingerprint density at radius 2 is 1.68 bits per heavy atom. The fourth-order valence-corrected chi connectivity index (χ4v) is 3.97. The molecule has 2 aromatic carbocycles. The molecule has 4 N–H and O–H groups in total. The molecule has 0 aliphatic carbocycles. The predicted octanol–water partition coefficient (Wildman–Crippen LogP) is 4.53. The topological polar surface area (TPSA) is 113 Å². The maximum atomic E-state index is 12.9. The van der Waals surface area contributed by atoms with E-state index in [1.54, 1.807) is 13.1 Å². The summed E-state index contributed by atoms with van der Waals surface area (Å²) in [5.41, 5.74) is 3.59. The highest BCUT2D eigenvalue weighted by atomic mass is 16.2. The molecular weight excluding hydrogens is 428 g/mol. The van der Waals surface area contributed by atoms with Gasteiger partial charge in [0, 0.05) is 45.8 Å². The molecule has 1 fully saturated rings. The number of carbonyl (C=O) groups is 2. The Bertz CT molecular complexity index is 1120. The van der Waals surface area contributed by atoms with Crippen molar-refractivity contribution in [2.24, 2.45) is 0 Å². The molecule has 0 unspecified atom stereocenters. The van der Waals surface area contributed by atoms with Crippen molar-refractivity contribution >= 4 is 17.5 Å². The van der Waals surface area contributed by atoms with Crippen molar-refractivity contribution < 1.29 is 12.4 Å². The molecule has 0 spiro atoms. The van der Waals surface area contributed by atoms with Crippen molar-refractivity contribution in [2.45, 2.75) is 20.3 Å². The molecule has 8 nitrogen and oxygen atoms in total. The average Bonchev–Trinajstić information content (AvgIpc) is 2.85. The van der Waals surface area contributed by atoms with E-state index >= 15 is 0 Å². The Labute approximate surface area is 203 Å². The van der Waals surface area contributed by atoms with Gasteiger partial charge in [0.05, 0.1) is 17.6 Å². The van der Waals surface area contributed by atoms with E-state index in [1.807, 2.05) is 59.5 Å². The Morgan fingerprint density at radius 3 is 2.32 bits per heavy atom. The Kier molecular flexibility index (Phi) is 8.45. The molecule has 4 rings (SSSR count). The fourth-order valence-electron chi connectivity index (χ4n) is 3.97. The number of rotatable bonds is 6. The number of hydrogen-bond acceptors (Lipinski definition) is 6. The summed E-state index contributed by atoms with van der Waals surface area (Å²) in [6, 6.07) is 16.6. The number of anilines is 1. The first-order valence-corrected chi connectivity index (χ1v) is 11.4. The van der Waals surface area contributed by atoms with E-state index in [-0.39, 0.29) is 26.5 Å². The molecular formula is C26H36N6O2. The highest BCUT2D eigenvalue weighted by molar-refractivity contribution is 6.03. The number of carbonyl (C=O) groups excluding carboxylic acids is 2. The monoisotopic (exact) mass is 464 g/mol. The van der Waals surface area contributed by atoms with E-state index in [0.717, 1.165) is 44.7 Å². The third kappa shape index (κ3) is 5.84. The van der Waals surface area contributed by atoms with Gasteiger partial charge >= 0.3 is 0 Å². The van der Waals surface area contributed by atoms with Crippen molar-refractivity contribution in [1.29, 1.82) is 0 Å². The lowest BCUT2D eigenvalue weighted by molar-refractivity contribution is 0.0637. The fraction of sp³-hybridized carbons (Fsp3) is 0.308. The average molecular weight is 465 g/mol. The largest absolute Gasteiger partial charge is 0.344 e. The standard InChI is InChI=1S/C26H29N5O2.H3N.2H2/c1-3-13-30-14-16-31(17-15-30)26(33)21-11-9-20(10-12-21)23-18-27-19(2)24(29-23)25(32)28-22-7-5-4-6-8-22;;;/h4-12,18H,3,13-17H2,1-2H3,(H,28,32);1H3;2*1H. The third-order valence-corrected chi connectivity index (χ3v) is 5.83. The maximum Gasteiger partial charge on any atom is 0.276 e. The second kappa shape index (κ2) is 11.5. The number of piperazine rings is 1. The van der Waals surface area contributed by atoms with Gasteiger partial charge < -0.3 is 16.4 Å². The number of aromatic nitrogens is 2. The van der Waals surface area contributed by atoms with Crippen molar-refractivity contribution in [3.8, 4) is 11.3 Å². The quantitative estimate of drug-likeness (QED) is 0.554. The van der Waals surface area contributed by atoms with E-state index in [4.69, 9.17) is 0 Å². The number of hydrogen-bond donors (Lipinski definition) is 2. The maximum absolute atomic E-state index is 12.9. The molecule has 3 aromatic rings. The van der Waals surface area contributed by atoms with Crippen LogP contribution in [0.5, 0.6) is 0 Å². The van der Waals surface area contributed by atoms with Crippen LogP contribution in [0.2, 0.25) is 0 Å². The summed E-state index contributed by atoms with van der Waals surface area (Å²) >= 11 is 0. The number of nitrogens with one attached hydrogen (secondary N) is 1. The van der Waals surface area contributed by atoms with Crippen LogP contribution >= 0.6 is 0 Å². The van der Waals surface area contributed by atoms with Crippen molar-refractivity contribution in [1.82, 2.24) is 25.9 Å². The Balaban J connectivity index is 0.00000216. The van der Waals surface area contributed by atoms with Gasteiger partial charge in [-0.3, -0.25) is 19.5 Å². The summed E-state index contributed by atoms with van der Waals surface area (Å²) in [5, 5.41) is 2.85. The van der Waals surface area contributed by atoms with E-state index < -0.39 is 0 Å². The molecule has 0 atom stereocenters. The molecule has 0 radical (unpaired) electrons. The minimum Gasteiger partial charge on any atom is -0.344 e. The lowest BCUT2D eigenvalue weighted by Gasteiger charge is -2.34. The molecule has 1 aliphatic heterocycles. The van der Waals surface area contributed by atoms with Crippen LogP contribution < -0.4 is 11.5 Å². The van der Waals surface area contributed by atoms with Gasteiger partial charge in [-0.05, 0) is 44.2 Å². The molecule has 0 saturated carbocycles. The van der Waals surface area contributed by atoms with Gasteiger partial charge in [-0.15, -0.1) is 0 Å². The zero-order valence-electron chi connectivity index (χ0n) is 19.8. The smallest absolute Gasteiger partial charge is 0.276 e. The van der Waals surface area contributed by atoms with Gasteiger partial charge in [0.1, 0.15) is 5.69 Å². The molecule has 2 amide bonds. The summed E-state index contributed by atoms with van der Waals surface area (Å²) in [7, 11) is 0. The minimum atomic E-state index is -0.304. The van der Waals surface area contributed by atoms with Crippen LogP contribution in [0.25, 0.3) is 11.3 Å². The second-order valence-electron chi connectivity index (χ2n) is 8.22. The summed E-state index contributed by atoms with van der Waals surface area (Å²) in [6.07, 6.45) is 2.78. The highest BCUT2D eigenvalue weighted by Crippen LogP contribution is 2.20. The third-order valence-electron chi connectivity index (χ3n) is 5.83. The number of aryl methyl sites for hydroxylation is 1. The number of amides is 2. The zero-order valence-corrected chi connectivity index (χ0v) is 19.8. The first kappa shape index (κ1) is 25.0. The van der Waals surface area contributed by atoms with E-state index in [0.29, 0.717) is 22.6 Å². The van der Waals surface area contributed by atoms with E-state index in [1.165, 1.54) is 0 Å². The molecule has 1 saturated heterocycles. The lowest BCUT2D eigenvalue weighted by Crippen LogP contribution is -2.48. The van der Waals surface area contributed by atoms with Crippen LogP contribution in [0.1, 0.15) is 42.7 Å². The van der Waals surface area contributed by atoms with Gasteiger partial charge in [0.2, 0.25) is 0 Å². The Morgan fingerprint density at radius 1 is 1.00 bits per heavy atom. The van der Waals surface area contributed by atoms with Gasteiger partial charge in [0.25, 0.3) is 11.8 Å². The van der Waals surface area contributed by atoms with Crippen LogP contribution in [0.4, 0.5) is 5.69 Å². The normalized spacial score (nSPS) is 13.8.